The third kappa shape index (κ3) is 4.46. The van der Waals surface area contributed by atoms with Gasteiger partial charge in [0.25, 0.3) is 0 Å². The average Bonchev–Trinajstić information content (AvgIpc) is 2.39. The first-order chi connectivity index (χ1) is 9.08. The number of benzene rings is 1. The smallest absolute Gasteiger partial charge is 0.347 e. The molecular formula is C14H17NO4. The van der Waals surface area contributed by atoms with E-state index in [2.05, 4.69) is 10.1 Å². The van der Waals surface area contributed by atoms with Gasteiger partial charge in [0.1, 0.15) is 0 Å². The second kappa shape index (κ2) is 7.20. The number of rotatable bonds is 6. The van der Waals surface area contributed by atoms with Crippen molar-refractivity contribution in [2.75, 3.05) is 11.9 Å². The molecular weight excluding hydrogens is 246 g/mol. The van der Waals surface area contributed by atoms with Crippen LogP contribution in [0.25, 0.3) is 0 Å². The minimum atomic E-state index is -1.32. The van der Waals surface area contributed by atoms with E-state index in [1.807, 2.05) is 31.2 Å². The number of aliphatic carboxylic acids is 1. The summed E-state index contributed by atoms with van der Waals surface area (Å²) in [6.45, 7) is 3.80. The first kappa shape index (κ1) is 14.8. The number of hydrogen-bond donors (Lipinski definition) is 2. The molecule has 2 N–H and O–H groups in total. The number of esters is 1. The molecule has 1 aromatic carbocycles. The molecule has 5 nitrogen and oxygen atoms in total. The Morgan fingerprint density at radius 3 is 2.37 bits per heavy atom. The van der Waals surface area contributed by atoms with E-state index in [0.29, 0.717) is 5.69 Å². The van der Waals surface area contributed by atoms with Crippen LogP contribution in [0.15, 0.2) is 36.0 Å². The van der Waals surface area contributed by atoms with Gasteiger partial charge in [-0.1, -0.05) is 19.1 Å². The van der Waals surface area contributed by atoms with Crippen molar-refractivity contribution >= 4 is 17.6 Å². The molecule has 5 heteroatoms. The lowest BCUT2D eigenvalue weighted by Crippen LogP contribution is -2.16. The van der Waals surface area contributed by atoms with Crippen LogP contribution in [0.2, 0.25) is 0 Å². The van der Waals surface area contributed by atoms with Crippen molar-refractivity contribution in [2.45, 2.75) is 20.3 Å². The van der Waals surface area contributed by atoms with Crippen LogP contribution in [-0.2, 0) is 20.7 Å². The minimum Gasteiger partial charge on any atom is -0.477 e. The number of ether oxygens (including phenoxy) is 1. The summed E-state index contributed by atoms with van der Waals surface area (Å²) in [4.78, 5) is 22.3. The number of hydrogen-bond acceptors (Lipinski definition) is 4. The van der Waals surface area contributed by atoms with Gasteiger partial charge in [-0.25, -0.2) is 9.59 Å². The SMILES string of the molecule is CCOC(=O)C(=CNc1ccc(CC)cc1)C(=O)O. The highest BCUT2D eigenvalue weighted by molar-refractivity contribution is 6.13. The van der Waals surface area contributed by atoms with Crippen LogP contribution in [0.4, 0.5) is 5.69 Å². The lowest BCUT2D eigenvalue weighted by molar-refractivity contribution is -0.143. The second-order valence-electron chi connectivity index (χ2n) is 3.78. The van der Waals surface area contributed by atoms with Crippen LogP contribution in [-0.4, -0.2) is 23.7 Å². The van der Waals surface area contributed by atoms with Crippen molar-refractivity contribution in [3.8, 4) is 0 Å². The Hall–Kier alpha value is -2.30. The summed E-state index contributed by atoms with van der Waals surface area (Å²) in [6, 6.07) is 7.50. The monoisotopic (exact) mass is 263 g/mol. The summed E-state index contributed by atoms with van der Waals surface area (Å²) in [7, 11) is 0. The number of carbonyl (C=O) groups is 2. The van der Waals surface area contributed by atoms with Gasteiger partial charge in [0, 0.05) is 11.9 Å². The Morgan fingerprint density at radius 1 is 1.26 bits per heavy atom. The van der Waals surface area contributed by atoms with E-state index in [4.69, 9.17) is 5.11 Å². The summed E-state index contributed by atoms with van der Waals surface area (Å²) in [5.41, 5.74) is 1.46. The van der Waals surface area contributed by atoms with Gasteiger partial charge >= 0.3 is 11.9 Å². The van der Waals surface area contributed by atoms with Gasteiger partial charge in [0.15, 0.2) is 5.57 Å². The van der Waals surface area contributed by atoms with Gasteiger partial charge in [-0.05, 0) is 31.0 Å². The zero-order valence-electron chi connectivity index (χ0n) is 11.0. The Kier molecular flexibility index (Phi) is 5.60. The summed E-state index contributed by atoms with van der Waals surface area (Å²) >= 11 is 0. The van der Waals surface area contributed by atoms with E-state index < -0.39 is 17.5 Å². The van der Waals surface area contributed by atoms with Gasteiger partial charge in [-0.15, -0.1) is 0 Å². The quantitative estimate of drug-likeness (QED) is 0.356. The number of carboxylic acids is 1. The zero-order valence-corrected chi connectivity index (χ0v) is 11.0. The van der Waals surface area contributed by atoms with Gasteiger partial charge in [-0.2, -0.15) is 0 Å². The normalized spacial score (nSPS) is 10.9. The summed E-state index contributed by atoms with van der Waals surface area (Å²) in [5, 5.41) is 11.7. The van der Waals surface area contributed by atoms with Crippen LogP contribution in [0.3, 0.4) is 0 Å². The molecule has 0 radical (unpaired) electrons. The Balaban J connectivity index is 2.79. The lowest BCUT2D eigenvalue weighted by atomic mass is 10.1. The maximum absolute atomic E-state index is 11.4. The molecule has 0 aliphatic heterocycles. The fourth-order valence-corrected chi connectivity index (χ4v) is 1.41. The molecule has 1 aromatic rings. The van der Waals surface area contributed by atoms with Crippen molar-refractivity contribution in [3.63, 3.8) is 0 Å². The van der Waals surface area contributed by atoms with Crippen LogP contribution < -0.4 is 5.32 Å². The fourth-order valence-electron chi connectivity index (χ4n) is 1.41. The van der Waals surface area contributed by atoms with E-state index in [1.54, 1.807) is 6.92 Å². The van der Waals surface area contributed by atoms with E-state index >= 15 is 0 Å². The van der Waals surface area contributed by atoms with Crippen LogP contribution >= 0.6 is 0 Å². The fraction of sp³-hybridized carbons (Fsp3) is 0.286. The topological polar surface area (TPSA) is 75.6 Å². The van der Waals surface area contributed by atoms with E-state index in [1.165, 1.54) is 5.56 Å². The molecule has 0 spiro atoms. The molecule has 0 heterocycles. The van der Waals surface area contributed by atoms with Gasteiger partial charge in [0.05, 0.1) is 6.61 Å². The largest absolute Gasteiger partial charge is 0.477 e. The van der Waals surface area contributed by atoms with Crippen LogP contribution in [0, 0.1) is 0 Å². The Bertz CT molecular complexity index is 477. The molecule has 0 saturated carbocycles. The standard InChI is InChI=1S/C14H17NO4/c1-3-10-5-7-11(8-6-10)15-9-12(13(16)17)14(18)19-4-2/h5-9,15H,3-4H2,1-2H3,(H,16,17). The molecule has 0 saturated heterocycles. The first-order valence-electron chi connectivity index (χ1n) is 6.04. The first-order valence-corrected chi connectivity index (χ1v) is 6.04. The van der Waals surface area contributed by atoms with E-state index in [0.717, 1.165) is 12.6 Å². The van der Waals surface area contributed by atoms with Crippen molar-refractivity contribution < 1.29 is 19.4 Å². The van der Waals surface area contributed by atoms with Gasteiger partial charge in [-0.3, -0.25) is 0 Å². The van der Waals surface area contributed by atoms with Crippen molar-refractivity contribution in [1.29, 1.82) is 0 Å². The zero-order chi connectivity index (χ0) is 14.3. The molecule has 0 unspecified atom stereocenters. The molecule has 0 aliphatic carbocycles. The average molecular weight is 263 g/mol. The minimum absolute atomic E-state index is 0.134. The molecule has 0 atom stereocenters. The third-order valence-electron chi connectivity index (χ3n) is 2.47. The second-order valence-corrected chi connectivity index (χ2v) is 3.78. The highest BCUT2D eigenvalue weighted by atomic mass is 16.5. The van der Waals surface area contributed by atoms with E-state index in [-0.39, 0.29) is 6.61 Å². The molecule has 102 valence electrons. The van der Waals surface area contributed by atoms with Gasteiger partial charge < -0.3 is 15.2 Å². The summed E-state index contributed by atoms with van der Waals surface area (Å²) in [5.74, 6) is -2.18. The highest BCUT2D eigenvalue weighted by Gasteiger charge is 2.18. The predicted molar refractivity (Wildman–Crippen MR) is 71.8 cm³/mol. The number of carboxylic acid groups (broad SMARTS) is 1. The Morgan fingerprint density at radius 2 is 1.89 bits per heavy atom. The Labute approximate surface area is 111 Å². The van der Waals surface area contributed by atoms with Crippen molar-refractivity contribution in [3.05, 3.63) is 41.6 Å². The molecule has 0 bridgehead atoms. The number of carbonyl (C=O) groups excluding carboxylic acids is 1. The van der Waals surface area contributed by atoms with Crippen LogP contribution in [0.1, 0.15) is 19.4 Å². The van der Waals surface area contributed by atoms with Crippen molar-refractivity contribution in [1.82, 2.24) is 0 Å². The summed E-state index contributed by atoms with van der Waals surface area (Å²) in [6.07, 6.45) is 2.07. The number of nitrogens with one attached hydrogen (secondary N) is 1. The summed E-state index contributed by atoms with van der Waals surface area (Å²) < 4.78 is 4.66. The molecule has 0 aliphatic rings. The maximum atomic E-state index is 11.4. The van der Waals surface area contributed by atoms with Crippen LogP contribution in [0.5, 0.6) is 0 Å². The molecule has 1 rings (SSSR count). The van der Waals surface area contributed by atoms with E-state index in [9.17, 15) is 9.59 Å². The highest BCUT2D eigenvalue weighted by Crippen LogP contribution is 2.11. The third-order valence-corrected chi connectivity index (χ3v) is 2.47. The number of aryl methyl sites for hydroxylation is 1. The molecule has 0 aromatic heterocycles. The lowest BCUT2D eigenvalue weighted by Gasteiger charge is -2.05. The predicted octanol–water partition coefficient (Wildman–Crippen LogP) is 2.19. The maximum Gasteiger partial charge on any atom is 0.347 e. The molecule has 0 fully saturated rings. The molecule has 19 heavy (non-hydrogen) atoms. The molecule has 0 amide bonds. The van der Waals surface area contributed by atoms with Gasteiger partial charge in [0.2, 0.25) is 0 Å². The van der Waals surface area contributed by atoms with Crippen molar-refractivity contribution in [2.24, 2.45) is 0 Å². The number of anilines is 1.